The number of piperidine rings is 1. The lowest BCUT2D eigenvalue weighted by Crippen LogP contribution is -2.47. The smallest absolute Gasteiger partial charge is 0.0256 e. The van der Waals surface area contributed by atoms with Gasteiger partial charge < -0.3 is 15.5 Å². The lowest BCUT2D eigenvalue weighted by Gasteiger charge is -2.29. The predicted molar refractivity (Wildman–Crippen MR) is 89.6 cm³/mol. The fourth-order valence-electron chi connectivity index (χ4n) is 2.55. The van der Waals surface area contributed by atoms with Crippen molar-refractivity contribution < 1.29 is 0 Å². The van der Waals surface area contributed by atoms with Crippen molar-refractivity contribution in [3.63, 3.8) is 0 Å². The molecule has 0 atom stereocenters. The van der Waals surface area contributed by atoms with E-state index in [2.05, 4.69) is 16.8 Å². The number of likely N-dealkylation sites (N-methyl/N-ethyl adjacent to an activating group) is 1. The zero-order chi connectivity index (χ0) is 13.0. The van der Waals surface area contributed by atoms with Gasteiger partial charge in [0.2, 0.25) is 0 Å². The Morgan fingerprint density at radius 2 is 1.30 bits per heavy atom. The summed E-state index contributed by atoms with van der Waals surface area (Å²) in [5, 5.41) is 1.86. The molecule has 1 saturated carbocycles. The van der Waals surface area contributed by atoms with Crippen molar-refractivity contribution in [2.24, 2.45) is 11.6 Å². The highest BCUT2D eigenvalue weighted by molar-refractivity contribution is 5.85. The van der Waals surface area contributed by atoms with E-state index in [9.17, 15) is 0 Å². The van der Waals surface area contributed by atoms with Gasteiger partial charge in [-0.25, -0.2) is 5.01 Å². The van der Waals surface area contributed by atoms with Gasteiger partial charge in [-0.05, 0) is 45.8 Å². The summed E-state index contributed by atoms with van der Waals surface area (Å²) in [7, 11) is 2.12. The molecule has 0 radical (unpaired) electrons. The summed E-state index contributed by atoms with van der Waals surface area (Å²) >= 11 is 0. The number of hydrazine groups is 1. The summed E-state index contributed by atoms with van der Waals surface area (Å²) in [5.41, 5.74) is 5.79. The van der Waals surface area contributed by atoms with E-state index in [4.69, 9.17) is 11.6 Å². The fourth-order valence-corrected chi connectivity index (χ4v) is 2.55. The maximum absolute atomic E-state index is 5.79. The van der Waals surface area contributed by atoms with Crippen LogP contribution in [0.2, 0.25) is 0 Å². The normalized spacial score (nSPS) is 25.9. The standard InChI is InChI=1S/C8H16N2.C5H13N3.2ClH/c9-7-3-5-10(6-4-7)8-1-2-8;1-7-2-4-8(6)5-3-7;;/h7-8H,1-6,9H2;2-6H2,1H3;2*1H. The summed E-state index contributed by atoms with van der Waals surface area (Å²) in [4.78, 5) is 4.88. The van der Waals surface area contributed by atoms with Gasteiger partial charge >= 0.3 is 0 Å². The van der Waals surface area contributed by atoms with Crippen LogP contribution in [0.5, 0.6) is 0 Å². The van der Waals surface area contributed by atoms with E-state index in [1.54, 1.807) is 0 Å². The number of rotatable bonds is 1. The highest BCUT2D eigenvalue weighted by Gasteiger charge is 2.30. The number of hydrogen-bond acceptors (Lipinski definition) is 5. The second-order valence-electron chi connectivity index (χ2n) is 5.94. The molecule has 0 amide bonds. The number of nitrogens with zero attached hydrogens (tertiary/aromatic N) is 3. The maximum atomic E-state index is 5.79. The van der Waals surface area contributed by atoms with Crippen LogP contribution in [-0.2, 0) is 0 Å². The monoisotopic (exact) mass is 327 g/mol. The molecule has 0 aromatic rings. The average molecular weight is 328 g/mol. The SMILES string of the molecule is CN1CCN(N)CC1.Cl.Cl.NC1CCN(C2CC2)CC1. The summed E-state index contributed by atoms with van der Waals surface area (Å²) in [6.07, 6.45) is 5.32. The molecule has 0 spiro atoms. The van der Waals surface area contributed by atoms with Crippen LogP contribution in [0.25, 0.3) is 0 Å². The molecule has 0 aromatic heterocycles. The Balaban J connectivity index is 0.000000336. The molecule has 1 aliphatic carbocycles. The molecular formula is C13H31Cl2N5. The number of halogens is 2. The molecule has 122 valence electrons. The predicted octanol–water partition coefficient (Wildman–Crippen LogP) is 0.523. The van der Waals surface area contributed by atoms with Crippen molar-refractivity contribution in [2.75, 3.05) is 46.3 Å². The van der Waals surface area contributed by atoms with E-state index in [0.29, 0.717) is 6.04 Å². The Kier molecular flexibility index (Phi) is 10.4. The van der Waals surface area contributed by atoms with Gasteiger partial charge in [0, 0.05) is 38.3 Å². The van der Waals surface area contributed by atoms with E-state index >= 15 is 0 Å². The Hall–Kier alpha value is 0.380. The van der Waals surface area contributed by atoms with E-state index in [1.165, 1.54) is 38.8 Å². The van der Waals surface area contributed by atoms with Crippen molar-refractivity contribution >= 4 is 24.8 Å². The van der Waals surface area contributed by atoms with Gasteiger partial charge in [0.05, 0.1) is 0 Å². The Bertz CT molecular complexity index is 227. The van der Waals surface area contributed by atoms with Gasteiger partial charge in [0.1, 0.15) is 0 Å². The van der Waals surface area contributed by atoms with Crippen molar-refractivity contribution in [2.45, 2.75) is 37.8 Å². The molecule has 4 N–H and O–H groups in total. The Labute approximate surface area is 135 Å². The highest BCUT2D eigenvalue weighted by atomic mass is 35.5. The molecule has 3 aliphatic rings. The molecule has 0 bridgehead atoms. The largest absolute Gasteiger partial charge is 0.328 e. The maximum Gasteiger partial charge on any atom is 0.0256 e. The molecule has 0 unspecified atom stereocenters. The average Bonchev–Trinajstić information content (AvgIpc) is 3.19. The second-order valence-corrected chi connectivity index (χ2v) is 5.94. The van der Waals surface area contributed by atoms with E-state index in [-0.39, 0.29) is 24.8 Å². The lowest BCUT2D eigenvalue weighted by atomic mass is 10.1. The van der Waals surface area contributed by atoms with Crippen molar-refractivity contribution in [3.8, 4) is 0 Å². The number of likely N-dealkylation sites (tertiary alicyclic amines) is 1. The third-order valence-corrected chi connectivity index (χ3v) is 4.18. The molecule has 2 heterocycles. The van der Waals surface area contributed by atoms with Gasteiger partial charge in [-0.1, -0.05) is 0 Å². The topological polar surface area (TPSA) is 61.8 Å². The van der Waals surface area contributed by atoms with Crippen LogP contribution in [0.4, 0.5) is 0 Å². The first-order valence-electron chi connectivity index (χ1n) is 7.33. The molecule has 5 nitrogen and oxygen atoms in total. The highest BCUT2D eigenvalue weighted by Crippen LogP contribution is 2.28. The summed E-state index contributed by atoms with van der Waals surface area (Å²) in [5.74, 6) is 5.50. The number of piperazine rings is 1. The molecule has 2 saturated heterocycles. The quantitative estimate of drug-likeness (QED) is 0.688. The Morgan fingerprint density at radius 1 is 0.800 bits per heavy atom. The van der Waals surface area contributed by atoms with Gasteiger partial charge in [-0.2, -0.15) is 0 Å². The summed E-state index contributed by atoms with van der Waals surface area (Å²) < 4.78 is 0. The molecule has 3 fully saturated rings. The van der Waals surface area contributed by atoms with Crippen LogP contribution in [0, 0.1) is 0 Å². The summed E-state index contributed by atoms with van der Waals surface area (Å²) in [6.45, 7) is 6.75. The fraction of sp³-hybridized carbons (Fsp3) is 1.00. The van der Waals surface area contributed by atoms with E-state index < -0.39 is 0 Å². The number of hydrogen-bond donors (Lipinski definition) is 2. The van der Waals surface area contributed by atoms with Gasteiger partial charge in [0.25, 0.3) is 0 Å². The third-order valence-electron chi connectivity index (χ3n) is 4.18. The molecule has 0 aromatic carbocycles. The van der Waals surface area contributed by atoms with Crippen LogP contribution in [0.15, 0.2) is 0 Å². The van der Waals surface area contributed by atoms with Crippen LogP contribution in [0.3, 0.4) is 0 Å². The van der Waals surface area contributed by atoms with E-state index in [1.807, 2.05) is 5.01 Å². The first-order chi connectivity index (χ1) is 8.65. The second kappa shape index (κ2) is 10.2. The third kappa shape index (κ3) is 7.41. The molecule has 3 rings (SSSR count). The first kappa shape index (κ1) is 20.4. The van der Waals surface area contributed by atoms with Gasteiger partial charge in [-0.3, -0.25) is 5.84 Å². The molecule has 7 heteroatoms. The summed E-state index contributed by atoms with van der Waals surface area (Å²) in [6, 6.07) is 1.45. The minimum absolute atomic E-state index is 0. The molecular weight excluding hydrogens is 297 g/mol. The van der Waals surface area contributed by atoms with Crippen LogP contribution < -0.4 is 11.6 Å². The molecule has 2 aliphatic heterocycles. The minimum atomic E-state index is 0. The van der Waals surface area contributed by atoms with Gasteiger partial charge in [0.15, 0.2) is 0 Å². The van der Waals surface area contributed by atoms with E-state index in [0.717, 1.165) is 32.2 Å². The zero-order valence-electron chi connectivity index (χ0n) is 12.5. The van der Waals surface area contributed by atoms with Crippen molar-refractivity contribution in [1.82, 2.24) is 14.8 Å². The van der Waals surface area contributed by atoms with Crippen molar-refractivity contribution in [3.05, 3.63) is 0 Å². The van der Waals surface area contributed by atoms with Crippen LogP contribution in [-0.4, -0.2) is 73.2 Å². The van der Waals surface area contributed by atoms with Crippen LogP contribution in [0.1, 0.15) is 25.7 Å². The lowest BCUT2D eigenvalue weighted by molar-refractivity contribution is 0.156. The zero-order valence-corrected chi connectivity index (χ0v) is 14.2. The van der Waals surface area contributed by atoms with Gasteiger partial charge in [-0.15, -0.1) is 24.8 Å². The van der Waals surface area contributed by atoms with Crippen molar-refractivity contribution in [1.29, 1.82) is 0 Å². The van der Waals surface area contributed by atoms with Crippen LogP contribution >= 0.6 is 24.8 Å². The molecule has 20 heavy (non-hydrogen) atoms. The number of nitrogens with two attached hydrogens (primary N) is 2. The Morgan fingerprint density at radius 3 is 1.70 bits per heavy atom. The minimum Gasteiger partial charge on any atom is -0.328 e. The first-order valence-corrected chi connectivity index (χ1v) is 7.33.